The maximum atomic E-state index is 6.27. The number of piperidine rings is 1. The molecule has 6 rings (SSSR count). The molecule has 3 aromatic rings. The molecule has 0 amide bonds. The van der Waals surface area contributed by atoms with Gasteiger partial charge in [-0.05, 0) is 38.2 Å². The molecule has 0 bridgehead atoms. The fourth-order valence-corrected chi connectivity index (χ4v) is 6.92. The number of hydrogen-bond donors (Lipinski definition) is 0. The van der Waals surface area contributed by atoms with E-state index in [2.05, 4.69) is 57.3 Å². The first kappa shape index (κ1) is 24.1. The van der Waals surface area contributed by atoms with Crippen LogP contribution in [0.15, 0.2) is 35.7 Å². The van der Waals surface area contributed by atoms with E-state index in [1.807, 2.05) is 0 Å². The first-order valence-electron chi connectivity index (χ1n) is 13.6. The fraction of sp³-hybridized carbons (Fsp3) is 0.571. The maximum absolute atomic E-state index is 6.27. The molecule has 0 aliphatic carbocycles. The van der Waals surface area contributed by atoms with Crippen LogP contribution in [0.4, 0.5) is 11.8 Å². The molecule has 0 spiro atoms. The smallest absolute Gasteiger partial charge is 0.228 e. The predicted octanol–water partition coefficient (Wildman–Crippen LogP) is 4.87. The molecule has 1 atom stereocenters. The monoisotopic (exact) mass is 507 g/mol. The maximum Gasteiger partial charge on any atom is 0.228 e. The lowest BCUT2D eigenvalue weighted by molar-refractivity contribution is -0.0858. The average molecular weight is 508 g/mol. The first-order chi connectivity index (χ1) is 17.8. The molecule has 3 saturated heterocycles. The van der Waals surface area contributed by atoms with Gasteiger partial charge in [0.05, 0.1) is 18.6 Å². The van der Waals surface area contributed by atoms with Gasteiger partial charge in [-0.1, -0.05) is 30.3 Å². The minimum absolute atomic E-state index is 0.262. The number of likely N-dealkylation sites (tertiary alicyclic amines) is 1. The van der Waals surface area contributed by atoms with Crippen LogP contribution in [-0.2, 0) is 9.47 Å². The van der Waals surface area contributed by atoms with Crippen molar-refractivity contribution in [3.8, 4) is 11.1 Å². The predicted molar refractivity (Wildman–Crippen MR) is 147 cm³/mol. The van der Waals surface area contributed by atoms with E-state index in [4.69, 9.17) is 19.4 Å². The second-order valence-electron chi connectivity index (χ2n) is 10.1. The van der Waals surface area contributed by atoms with E-state index in [0.29, 0.717) is 5.92 Å². The van der Waals surface area contributed by atoms with Crippen LogP contribution < -0.4 is 9.80 Å². The number of rotatable bonds is 7. The van der Waals surface area contributed by atoms with Crippen molar-refractivity contribution in [1.29, 1.82) is 0 Å². The first-order valence-corrected chi connectivity index (χ1v) is 14.5. The van der Waals surface area contributed by atoms with E-state index in [9.17, 15) is 0 Å². The molecule has 192 valence electrons. The van der Waals surface area contributed by atoms with Crippen molar-refractivity contribution in [2.45, 2.75) is 38.8 Å². The minimum atomic E-state index is 0.262. The van der Waals surface area contributed by atoms with Crippen LogP contribution in [0.1, 0.15) is 32.6 Å². The van der Waals surface area contributed by atoms with E-state index < -0.39 is 0 Å². The Kier molecular flexibility index (Phi) is 7.37. The highest BCUT2D eigenvalue weighted by atomic mass is 32.1. The number of benzene rings is 1. The molecule has 5 heterocycles. The van der Waals surface area contributed by atoms with Gasteiger partial charge in [-0.3, -0.25) is 4.90 Å². The Morgan fingerprint density at radius 2 is 1.72 bits per heavy atom. The van der Waals surface area contributed by atoms with Gasteiger partial charge < -0.3 is 19.3 Å². The van der Waals surface area contributed by atoms with Gasteiger partial charge in [0.25, 0.3) is 0 Å². The number of morpholine rings is 1. The molecule has 2 aromatic heterocycles. The van der Waals surface area contributed by atoms with E-state index in [1.54, 1.807) is 11.3 Å². The summed E-state index contributed by atoms with van der Waals surface area (Å²) in [6.45, 7) is 10.4. The molecular weight excluding hydrogens is 470 g/mol. The molecule has 3 fully saturated rings. The zero-order valence-electron chi connectivity index (χ0n) is 21.3. The minimum Gasteiger partial charge on any atom is -0.378 e. The van der Waals surface area contributed by atoms with Gasteiger partial charge in [-0.25, -0.2) is 4.98 Å². The lowest BCUT2D eigenvalue weighted by atomic mass is 9.94. The van der Waals surface area contributed by atoms with E-state index >= 15 is 0 Å². The van der Waals surface area contributed by atoms with E-state index in [0.717, 1.165) is 75.4 Å². The van der Waals surface area contributed by atoms with Crippen molar-refractivity contribution in [3.05, 3.63) is 35.7 Å². The summed E-state index contributed by atoms with van der Waals surface area (Å²) in [5.74, 6) is 2.51. The highest BCUT2D eigenvalue weighted by Gasteiger charge is 2.33. The Bertz CT molecular complexity index is 1140. The number of aromatic nitrogens is 2. The van der Waals surface area contributed by atoms with Crippen LogP contribution in [0, 0.1) is 5.92 Å². The second-order valence-corrected chi connectivity index (χ2v) is 10.9. The molecule has 8 heteroatoms. The van der Waals surface area contributed by atoms with Gasteiger partial charge in [-0.2, -0.15) is 4.98 Å². The summed E-state index contributed by atoms with van der Waals surface area (Å²) < 4.78 is 11.9. The molecule has 0 saturated carbocycles. The Balaban J connectivity index is 1.28. The molecule has 36 heavy (non-hydrogen) atoms. The second kappa shape index (κ2) is 11.0. The SMILES string of the molecule is CCOC(C1CCN(c2nc(N3CCOCC3)c3c(-c4ccccc4)csc3n2)CC1)N1CCCC1. The molecular formula is C28H37N5O2S. The van der Waals surface area contributed by atoms with Crippen LogP contribution in [0.2, 0.25) is 0 Å². The van der Waals surface area contributed by atoms with Crippen molar-refractivity contribution >= 4 is 33.3 Å². The highest BCUT2D eigenvalue weighted by Crippen LogP contribution is 2.40. The lowest BCUT2D eigenvalue weighted by Gasteiger charge is -2.39. The van der Waals surface area contributed by atoms with Gasteiger partial charge in [0.1, 0.15) is 16.9 Å². The highest BCUT2D eigenvalue weighted by molar-refractivity contribution is 7.17. The Labute approximate surface area is 218 Å². The van der Waals surface area contributed by atoms with Gasteiger partial charge in [0.15, 0.2) is 0 Å². The fourth-order valence-electron chi connectivity index (χ4n) is 5.98. The summed E-state index contributed by atoms with van der Waals surface area (Å²) in [4.78, 5) is 18.8. The summed E-state index contributed by atoms with van der Waals surface area (Å²) in [7, 11) is 0. The van der Waals surface area contributed by atoms with Gasteiger partial charge in [0, 0.05) is 62.7 Å². The summed E-state index contributed by atoms with van der Waals surface area (Å²) in [6.07, 6.45) is 5.10. The number of ether oxygens (including phenoxy) is 2. The Morgan fingerprint density at radius 1 is 0.972 bits per heavy atom. The standard InChI is InChI=1S/C28H37N5O2S/c1-2-35-27(32-12-6-7-13-32)22-10-14-33(15-11-22)28-29-25(31-16-18-34-19-17-31)24-23(20-36-26(24)30-28)21-8-4-3-5-9-21/h3-5,8-9,20,22,27H,2,6-7,10-19H2,1H3. The van der Waals surface area contributed by atoms with Crippen molar-refractivity contribution < 1.29 is 9.47 Å². The number of fused-ring (bicyclic) bond motifs is 1. The molecule has 3 aliphatic rings. The number of thiophene rings is 1. The summed E-state index contributed by atoms with van der Waals surface area (Å²) >= 11 is 1.73. The van der Waals surface area contributed by atoms with Gasteiger partial charge in [-0.15, -0.1) is 11.3 Å². The Morgan fingerprint density at radius 3 is 2.44 bits per heavy atom. The number of anilines is 2. The van der Waals surface area contributed by atoms with Gasteiger partial charge in [0.2, 0.25) is 5.95 Å². The van der Waals surface area contributed by atoms with Crippen LogP contribution in [0.3, 0.4) is 0 Å². The molecule has 3 aliphatic heterocycles. The third-order valence-corrected chi connectivity index (χ3v) is 8.73. The third-order valence-electron chi connectivity index (χ3n) is 7.86. The lowest BCUT2D eigenvalue weighted by Crippen LogP contribution is -2.46. The largest absolute Gasteiger partial charge is 0.378 e. The van der Waals surface area contributed by atoms with Crippen LogP contribution in [-0.4, -0.2) is 80.2 Å². The summed E-state index contributed by atoms with van der Waals surface area (Å²) in [6, 6.07) is 10.6. The van der Waals surface area contributed by atoms with Gasteiger partial charge >= 0.3 is 0 Å². The molecule has 1 aromatic carbocycles. The average Bonchev–Trinajstić information content (AvgIpc) is 3.63. The zero-order chi connectivity index (χ0) is 24.3. The Hall–Kier alpha value is -2.26. The van der Waals surface area contributed by atoms with Crippen molar-refractivity contribution in [1.82, 2.24) is 14.9 Å². The van der Waals surface area contributed by atoms with Crippen LogP contribution >= 0.6 is 11.3 Å². The number of nitrogens with zero attached hydrogens (tertiary/aromatic N) is 5. The molecule has 7 nitrogen and oxygen atoms in total. The molecule has 0 radical (unpaired) electrons. The molecule has 0 N–H and O–H groups in total. The zero-order valence-corrected chi connectivity index (χ0v) is 22.1. The van der Waals surface area contributed by atoms with Crippen LogP contribution in [0.5, 0.6) is 0 Å². The van der Waals surface area contributed by atoms with E-state index in [1.165, 1.54) is 42.4 Å². The van der Waals surface area contributed by atoms with E-state index in [-0.39, 0.29) is 6.23 Å². The molecule has 1 unspecified atom stereocenters. The van der Waals surface area contributed by atoms with Crippen LogP contribution in [0.25, 0.3) is 21.3 Å². The summed E-state index contributed by atoms with van der Waals surface area (Å²) in [5.41, 5.74) is 2.45. The van der Waals surface area contributed by atoms with Crippen molar-refractivity contribution in [3.63, 3.8) is 0 Å². The van der Waals surface area contributed by atoms with Crippen molar-refractivity contribution in [2.24, 2.45) is 5.92 Å². The quantitative estimate of drug-likeness (QED) is 0.452. The van der Waals surface area contributed by atoms with Crippen molar-refractivity contribution in [2.75, 3.05) is 68.9 Å². The topological polar surface area (TPSA) is 54.0 Å². The normalized spacial score (nSPS) is 20.9. The number of hydrogen-bond acceptors (Lipinski definition) is 8. The third kappa shape index (κ3) is 4.84. The summed E-state index contributed by atoms with van der Waals surface area (Å²) in [5, 5.41) is 3.43.